The van der Waals surface area contributed by atoms with Gasteiger partial charge in [0.05, 0.1) is 11.1 Å². The van der Waals surface area contributed by atoms with Crippen LogP contribution in [-0.2, 0) is 0 Å². The molecule has 0 aromatic carbocycles. The van der Waals surface area contributed by atoms with Crippen molar-refractivity contribution in [2.75, 3.05) is 13.1 Å². The molecule has 0 bridgehead atoms. The molecule has 0 spiro atoms. The minimum Gasteiger partial charge on any atom is -0.389 e. The van der Waals surface area contributed by atoms with E-state index in [1.54, 1.807) is 13.8 Å². The van der Waals surface area contributed by atoms with Crippen LogP contribution in [0.25, 0.3) is 0 Å². The van der Waals surface area contributed by atoms with Crippen LogP contribution in [0.2, 0.25) is 0 Å². The molecule has 3 heteroatoms. The molecule has 1 aliphatic rings. The second-order valence-electron chi connectivity index (χ2n) is 3.64. The Bertz CT molecular complexity index is 122. The average Bonchev–Trinajstić information content (AvgIpc) is 2.13. The third-order valence-electron chi connectivity index (χ3n) is 2.41. The van der Waals surface area contributed by atoms with Gasteiger partial charge in [-0.05, 0) is 26.8 Å². The number of hydrogen-bond acceptors (Lipinski definition) is 3. The van der Waals surface area contributed by atoms with Crippen LogP contribution in [0.3, 0.4) is 0 Å². The van der Waals surface area contributed by atoms with Gasteiger partial charge in [0, 0.05) is 6.54 Å². The third-order valence-corrected chi connectivity index (χ3v) is 2.41. The fourth-order valence-corrected chi connectivity index (χ4v) is 1.23. The average molecular weight is 144 g/mol. The third kappa shape index (κ3) is 1.17. The molecule has 0 aromatic rings. The van der Waals surface area contributed by atoms with Crippen molar-refractivity contribution >= 4 is 0 Å². The highest BCUT2D eigenvalue weighted by Crippen LogP contribution is 2.24. The van der Waals surface area contributed by atoms with Crippen LogP contribution < -0.4 is 11.1 Å². The molecular weight excluding hydrogens is 128 g/mol. The maximum atomic E-state index is 9.61. The summed E-state index contributed by atoms with van der Waals surface area (Å²) in [5.74, 6) is 0. The lowest BCUT2D eigenvalue weighted by Gasteiger charge is -2.35. The summed E-state index contributed by atoms with van der Waals surface area (Å²) in [7, 11) is 0. The molecule has 1 saturated heterocycles. The molecule has 1 rings (SSSR count). The van der Waals surface area contributed by atoms with E-state index in [-0.39, 0.29) is 0 Å². The Morgan fingerprint density at radius 2 is 2.20 bits per heavy atom. The first-order chi connectivity index (χ1) is 4.46. The van der Waals surface area contributed by atoms with E-state index in [9.17, 15) is 5.11 Å². The second kappa shape index (κ2) is 2.19. The normalized spacial score (nSPS) is 34.8. The molecule has 1 heterocycles. The molecule has 3 nitrogen and oxygen atoms in total. The lowest BCUT2D eigenvalue weighted by Crippen LogP contribution is -2.58. The number of nitrogens with one attached hydrogen (secondary N) is 1. The van der Waals surface area contributed by atoms with Gasteiger partial charge in [-0.15, -0.1) is 0 Å². The SMILES string of the molecule is CC(C)(O)C1(N)CCNC1. The molecule has 0 aliphatic carbocycles. The van der Waals surface area contributed by atoms with Gasteiger partial charge in [-0.3, -0.25) is 0 Å². The Balaban J connectivity index is 2.67. The number of aliphatic hydroxyl groups is 1. The standard InChI is InChI=1S/C7H16N2O/c1-6(2,10)7(8)3-4-9-5-7/h9-10H,3-5,8H2,1-2H3. The quantitative estimate of drug-likeness (QED) is 0.463. The van der Waals surface area contributed by atoms with Crippen molar-refractivity contribution in [1.82, 2.24) is 5.32 Å². The van der Waals surface area contributed by atoms with Crippen LogP contribution in [0.15, 0.2) is 0 Å². The Morgan fingerprint density at radius 1 is 1.60 bits per heavy atom. The van der Waals surface area contributed by atoms with E-state index < -0.39 is 11.1 Å². The highest BCUT2D eigenvalue weighted by molar-refractivity contribution is 5.03. The molecule has 1 aliphatic heterocycles. The Kier molecular flexibility index (Phi) is 1.75. The largest absolute Gasteiger partial charge is 0.389 e. The van der Waals surface area contributed by atoms with E-state index in [0.29, 0.717) is 0 Å². The molecular formula is C7H16N2O. The van der Waals surface area contributed by atoms with E-state index in [4.69, 9.17) is 5.73 Å². The fourth-order valence-electron chi connectivity index (χ4n) is 1.23. The van der Waals surface area contributed by atoms with Gasteiger partial charge in [-0.2, -0.15) is 0 Å². The zero-order chi connectivity index (χ0) is 7.83. The van der Waals surface area contributed by atoms with Crippen LogP contribution in [0.1, 0.15) is 20.3 Å². The van der Waals surface area contributed by atoms with Gasteiger partial charge in [0.1, 0.15) is 0 Å². The summed E-state index contributed by atoms with van der Waals surface area (Å²) in [6.45, 7) is 5.16. The molecule has 1 atom stereocenters. The van der Waals surface area contributed by atoms with Gasteiger partial charge in [0.2, 0.25) is 0 Å². The zero-order valence-corrected chi connectivity index (χ0v) is 6.65. The van der Waals surface area contributed by atoms with Crippen molar-refractivity contribution in [3.05, 3.63) is 0 Å². The molecule has 60 valence electrons. The van der Waals surface area contributed by atoms with Crippen molar-refractivity contribution in [2.24, 2.45) is 5.73 Å². The minimum absolute atomic E-state index is 0.424. The number of rotatable bonds is 1. The molecule has 1 fully saturated rings. The number of hydrogen-bond donors (Lipinski definition) is 3. The highest BCUT2D eigenvalue weighted by atomic mass is 16.3. The molecule has 0 radical (unpaired) electrons. The summed E-state index contributed by atoms with van der Waals surface area (Å²) in [6, 6.07) is 0. The topological polar surface area (TPSA) is 58.3 Å². The maximum absolute atomic E-state index is 9.61. The molecule has 0 aromatic heterocycles. The second-order valence-corrected chi connectivity index (χ2v) is 3.64. The Labute approximate surface area is 61.6 Å². The van der Waals surface area contributed by atoms with E-state index in [1.807, 2.05) is 0 Å². The van der Waals surface area contributed by atoms with Crippen LogP contribution in [0.5, 0.6) is 0 Å². The highest BCUT2D eigenvalue weighted by Gasteiger charge is 2.42. The van der Waals surface area contributed by atoms with E-state index in [1.165, 1.54) is 0 Å². The van der Waals surface area contributed by atoms with E-state index >= 15 is 0 Å². The van der Waals surface area contributed by atoms with Crippen molar-refractivity contribution in [3.63, 3.8) is 0 Å². The number of nitrogens with two attached hydrogens (primary N) is 1. The Hall–Kier alpha value is -0.120. The molecule has 0 saturated carbocycles. The van der Waals surface area contributed by atoms with Crippen LogP contribution in [-0.4, -0.2) is 29.3 Å². The van der Waals surface area contributed by atoms with Gasteiger partial charge in [-0.25, -0.2) is 0 Å². The summed E-state index contributed by atoms with van der Waals surface area (Å²) in [5, 5.41) is 12.7. The first kappa shape index (κ1) is 7.98. The first-order valence-electron chi connectivity index (χ1n) is 3.68. The monoisotopic (exact) mass is 144 g/mol. The van der Waals surface area contributed by atoms with Gasteiger partial charge >= 0.3 is 0 Å². The molecule has 1 unspecified atom stereocenters. The summed E-state index contributed by atoms with van der Waals surface area (Å²) < 4.78 is 0. The van der Waals surface area contributed by atoms with Gasteiger partial charge in [0.25, 0.3) is 0 Å². The fraction of sp³-hybridized carbons (Fsp3) is 1.00. The lowest BCUT2D eigenvalue weighted by molar-refractivity contribution is 0.00657. The summed E-state index contributed by atoms with van der Waals surface area (Å²) in [4.78, 5) is 0. The van der Waals surface area contributed by atoms with Crippen LogP contribution in [0, 0.1) is 0 Å². The molecule has 0 amide bonds. The smallest absolute Gasteiger partial charge is 0.0783 e. The maximum Gasteiger partial charge on any atom is 0.0783 e. The first-order valence-corrected chi connectivity index (χ1v) is 3.68. The van der Waals surface area contributed by atoms with Crippen molar-refractivity contribution in [2.45, 2.75) is 31.4 Å². The summed E-state index contributed by atoms with van der Waals surface area (Å²) in [6.07, 6.45) is 0.858. The van der Waals surface area contributed by atoms with Crippen LogP contribution >= 0.6 is 0 Å². The van der Waals surface area contributed by atoms with Gasteiger partial charge < -0.3 is 16.2 Å². The lowest BCUT2D eigenvalue weighted by atomic mass is 9.83. The van der Waals surface area contributed by atoms with Crippen molar-refractivity contribution < 1.29 is 5.11 Å². The zero-order valence-electron chi connectivity index (χ0n) is 6.65. The molecule has 4 N–H and O–H groups in total. The van der Waals surface area contributed by atoms with Crippen molar-refractivity contribution in [3.8, 4) is 0 Å². The van der Waals surface area contributed by atoms with Crippen molar-refractivity contribution in [1.29, 1.82) is 0 Å². The van der Waals surface area contributed by atoms with Gasteiger partial charge in [-0.1, -0.05) is 0 Å². The van der Waals surface area contributed by atoms with Crippen LogP contribution in [0.4, 0.5) is 0 Å². The summed E-state index contributed by atoms with van der Waals surface area (Å²) in [5.41, 5.74) is 4.73. The predicted molar refractivity (Wildman–Crippen MR) is 40.7 cm³/mol. The Morgan fingerprint density at radius 3 is 2.40 bits per heavy atom. The summed E-state index contributed by atoms with van der Waals surface area (Å²) >= 11 is 0. The van der Waals surface area contributed by atoms with E-state index in [2.05, 4.69) is 5.32 Å². The predicted octanol–water partition coefficient (Wildman–Crippen LogP) is -0.552. The van der Waals surface area contributed by atoms with E-state index in [0.717, 1.165) is 19.5 Å². The van der Waals surface area contributed by atoms with Gasteiger partial charge in [0.15, 0.2) is 0 Å². The minimum atomic E-state index is -0.767. The molecule has 10 heavy (non-hydrogen) atoms.